The molecule has 15 heavy (non-hydrogen) atoms. The summed E-state index contributed by atoms with van der Waals surface area (Å²) in [5.41, 5.74) is 0.641. The number of aromatic hydroxyl groups is 1. The van der Waals surface area contributed by atoms with E-state index in [0.29, 0.717) is 5.56 Å². The Hall–Kier alpha value is -1.81. The summed E-state index contributed by atoms with van der Waals surface area (Å²) in [6.45, 7) is 0. The Morgan fingerprint density at radius 1 is 1.07 bits per heavy atom. The Bertz CT molecular complexity index is 476. The zero-order valence-corrected chi connectivity index (χ0v) is 8.21. The number of hydrogen-bond acceptors (Lipinski definition) is 3. The van der Waals surface area contributed by atoms with Crippen LogP contribution in [0.15, 0.2) is 29.3 Å². The first-order valence-corrected chi connectivity index (χ1v) is 4.52. The van der Waals surface area contributed by atoms with Crippen LogP contribution in [0.1, 0.15) is 5.56 Å². The van der Waals surface area contributed by atoms with Crippen molar-refractivity contribution in [3.05, 3.63) is 34.9 Å². The third-order valence-electron chi connectivity index (χ3n) is 2.03. The van der Waals surface area contributed by atoms with Crippen LogP contribution in [-0.2, 0) is 9.59 Å². The fourth-order valence-electron chi connectivity index (χ4n) is 1.32. The second-order valence-electron chi connectivity index (χ2n) is 3.02. The highest BCUT2D eigenvalue weighted by Gasteiger charge is 2.29. The van der Waals surface area contributed by atoms with Crippen molar-refractivity contribution in [3.8, 4) is 5.75 Å². The Balaban J connectivity index is 2.51. The monoisotopic (exact) mass is 223 g/mol. The summed E-state index contributed by atoms with van der Waals surface area (Å²) in [6.07, 6.45) is 0. The van der Waals surface area contributed by atoms with E-state index < -0.39 is 11.8 Å². The lowest BCUT2D eigenvalue weighted by Crippen LogP contribution is -2.22. The summed E-state index contributed by atoms with van der Waals surface area (Å²) in [4.78, 5) is 22.4. The van der Waals surface area contributed by atoms with Gasteiger partial charge in [-0.05, 0) is 17.7 Å². The number of benzene rings is 1. The second-order valence-corrected chi connectivity index (χ2v) is 3.40. The van der Waals surface area contributed by atoms with Gasteiger partial charge in [0.1, 0.15) is 10.8 Å². The molecule has 5 heteroatoms. The summed E-state index contributed by atoms with van der Waals surface area (Å²) in [5, 5.41) is 11.0. The zero-order valence-electron chi connectivity index (χ0n) is 7.45. The van der Waals surface area contributed by atoms with Gasteiger partial charge in [0.05, 0.1) is 5.57 Å². The minimum atomic E-state index is -0.593. The lowest BCUT2D eigenvalue weighted by molar-refractivity contribution is -0.123. The molecule has 2 rings (SSSR count). The largest absolute Gasteiger partial charge is 0.508 e. The summed E-state index contributed by atoms with van der Waals surface area (Å²) in [5.74, 6) is -1.03. The average Bonchev–Trinajstić information content (AvgIpc) is 2.44. The number of hydrogen-bond donors (Lipinski definition) is 2. The molecule has 2 N–H and O–H groups in total. The first kappa shape index (κ1) is 9.73. The van der Waals surface area contributed by atoms with E-state index in [1.165, 1.54) is 24.3 Å². The van der Waals surface area contributed by atoms with Crippen molar-refractivity contribution in [1.29, 1.82) is 0 Å². The topological polar surface area (TPSA) is 66.4 Å². The molecule has 0 fully saturated rings. The molecule has 2 amide bonds. The van der Waals surface area contributed by atoms with Gasteiger partial charge in [0.25, 0.3) is 11.8 Å². The van der Waals surface area contributed by atoms with Crippen LogP contribution in [0.5, 0.6) is 5.75 Å². The number of nitrogens with one attached hydrogen (secondary N) is 1. The van der Waals surface area contributed by atoms with Gasteiger partial charge in [-0.2, -0.15) is 0 Å². The van der Waals surface area contributed by atoms with Gasteiger partial charge in [-0.15, -0.1) is 0 Å². The predicted molar refractivity (Wildman–Crippen MR) is 54.0 cm³/mol. The Morgan fingerprint density at radius 2 is 1.67 bits per heavy atom. The van der Waals surface area contributed by atoms with Crippen LogP contribution in [-0.4, -0.2) is 16.9 Å². The predicted octanol–water partition coefficient (Wildman–Crippen LogP) is 0.998. The third-order valence-corrected chi connectivity index (χ3v) is 2.39. The van der Waals surface area contributed by atoms with Gasteiger partial charge in [0.15, 0.2) is 0 Å². The van der Waals surface area contributed by atoms with E-state index >= 15 is 0 Å². The van der Waals surface area contributed by atoms with Crippen molar-refractivity contribution in [2.75, 3.05) is 0 Å². The lowest BCUT2D eigenvalue weighted by atomic mass is 10.1. The first-order valence-electron chi connectivity index (χ1n) is 4.14. The molecule has 0 unspecified atom stereocenters. The maximum absolute atomic E-state index is 11.3. The maximum Gasteiger partial charge on any atom is 0.270 e. The van der Waals surface area contributed by atoms with Crippen molar-refractivity contribution in [3.63, 3.8) is 0 Å². The first-order chi connectivity index (χ1) is 7.09. The van der Waals surface area contributed by atoms with Crippen molar-refractivity contribution >= 4 is 29.0 Å². The number of halogens is 1. The molecule has 0 saturated carbocycles. The number of amides is 2. The number of imide groups is 1. The van der Waals surface area contributed by atoms with Crippen molar-refractivity contribution in [2.24, 2.45) is 0 Å². The molecule has 1 aromatic rings. The van der Waals surface area contributed by atoms with Crippen LogP contribution in [0, 0.1) is 0 Å². The molecule has 0 saturated heterocycles. The fourth-order valence-corrected chi connectivity index (χ4v) is 1.56. The number of carbonyl (C=O) groups excluding carboxylic acids is 2. The Labute approximate surface area is 90.2 Å². The highest BCUT2D eigenvalue weighted by molar-refractivity contribution is 6.55. The lowest BCUT2D eigenvalue weighted by Gasteiger charge is -2.00. The molecule has 0 bridgehead atoms. The van der Waals surface area contributed by atoms with Crippen molar-refractivity contribution < 1.29 is 14.7 Å². The molecule has 0 spiro atoms. The number of phenols is 1. The number of carbonyl (C=O) groups is 2. The van der Waals surface area contributed by atoms with E-state index in [1.54, 1.807) is 0 Å². The summed E-state index contributed by atoms with van der Waals surface area (Å²) >= 11 is 5.68. The molecule has 1 heterocycles. The van der Waals surface area contributed by atoms with E-state index in [4.69, 9.17) is 16.7 Å². The molecular formula is C10H6ClNO3. The Kier molecular flexibility index (Phi) is 2.21. The highest BCUT2D eigenvalue weighted by Crippen LogP contribution is 2.27. The maximum atomic E-state index is 11.3. The van der Waals surface area contributed by atoms with E-state index in [2.05, 4.69) is 5.32 Å². The third kappa shape index (κ3) is 1.59. The van der Waals surface area contributed by atoms with Gasteiger partial charge >= 0.3 is 0 Å². The van der Waals surface area contributed by atoms with Crippen molar-refractivity contribution in [2.45, 2.75) is 0 Å². The second kappa shape index (κ2) is 3.40. The molecule has 76 valence electrons. The van der Waals surface area contributed by atoms with Gasteiger partial charge < -0.3 is 5.11 Å². The summed E-state index contributed by atoms with van der Waals surface area (Å²) in [7, 11) is 0. The van der Waals surface area contributed by atoms with Gasteiger partial charge in [-0.3, -0.25) is 14.9 Å². The van der Waals surface area contributed by atoms with Gasteiger partial charge in [0, 0.05) is 0 Å². The van der Waals surface area contributed by atoms with Crippen LogP contribution >= 0.6 is 11.6 Å². The minimum Gasteiger partial charge on any atom is -0.508 e. The quantitative estimate of drug-likeness (QED) is 0.698. The zero-order chi connectivity index (χ0) is 11.0. The fraction of sp³-hybridized carbons (Fsp3) is 0. The van der Waals surface area contributed by atoms with Crippen LogP contribution in [0.4, 0.5) is 0 Å². The van der Waals surface area contributed by atoms with E-state index in [0.717, 1.165) is 0 Å². The van der Waals surface area contributed by atoms with Gasteiger partial charge in [-0.25, -0.2) is 0 Å². The SMILES string of the molecule is O=C1NC(=O)C(c2ccc(O)cc2)=C1Cl. The molecule has 0 aliphatic carbocycles. The van der Waals surface area contributed by atoms with Crippen LogP contribution < -0.4 is 5.32 Å². The molecular weight excluding hydrogens is 218 g/mol. The molecule has 1 aliphatic heterocycles. The number of phenolic OH excluding ortho intramolecular Hbond substituents is 1. The molecule has 1 aliphatic rings. The van der Waals surface area contributed by atoms with Crippen LogP contribution in [0.3, 0.4) is 0 Å². The number of rotatable bonds is 1. The standard InChI is InChI=1S/C10H6ClNO3/c11-8-7(9(14)12-10(8)15)5-1-3-6(13)4-2-5/h1-4,13H,(H,12,14,15). The van der Waals surface area contributed by atoms with E-state index in [9.17, 15) is 9.59 Å². The van der Waals surface area contributed by atoms with Crippen LogP contribution in [0.25, 0.3) is 5.57 Å². The average molecular weight is 224 g/mol. The molecule has 0 aromatic heterocycles. The van der Waals surface area contributed by atoms with E-state index in [-0.39, 0.29) is 16.4 Å². The normalized spacial score (nSPS) is 15.8. The molecule has 4 nitrogen and oxygen atoms in total. The molecule has 1 aromatic carbocycles. The van der Waals surface area contributed by atoms with E-state index in [1.807, 2.05) is 0 Å². The van der Waals surface area contributed by atoms with Gasteiger partial charge in [-0.1, -0.05) is 23.7 Å². The van der Waals surface area contributed by atoms with Crippen LogP contribution in [0.2, 0.25) is 0 Å². The highest BCUT2D eigenvalue weighted by atomic mass is 35.5. The summed E-state index contributed by atoms with van der Waals surface area (Å²) in [6, 6.07) is 5.88. The molecule has 0 radical (unpaired) electrons. The minimum absolute atomic E-state index is 0.0835. The smallest absolute Gasteiger partial charge is 0.270 e. The summed E-state index contributed by atoms with van der Waals surface area (Å²) < 4.78 is 0. The van der Waals surface area contributed by atoms with Gasteiger partial charge in [0.2, 0.25) is 0 Å². The van der Waals surface area contributed by atoms with Crippen molar-refractivity contribution in [1.82, 2.24) is 5.32 Å². The molecule has 0 atom stereocenters. The Morgan fingerprint density at radius 3 is 2.13 bits per heavy atom.